The summed E-state index contributed by atoms with van der Waals surface area (Å²) < 4.78 is 30.2. The minimum atomic E-state index is -3.63. The Hall–Kier alpha value is -2.72. The smallest absolute Gasteiger partial charge is 0.246 e. The van der Waals surface area contributed by atoms with Crippen molar-refractivity contribution in [3.05, 3.63) is 71.0 Å². The number of aromatic nitrogens is 2. The lowest BCUT2D eigenvalue weighted by atomic mass is 10.0. The predicted octanol–water partition coefficient (Wildman–Crippen LogP) is 3.72. The predicted molar refractivity (Wildman–Crippen MR) is 140 cm³/mol. The standard InChI is InChI=1S/C26H30ClN5O3S/c1-18-8-9-22(12-24(18)27)29-26(33)10-11-30-14-20-16-31(17-21(20)15-30)36(34,35)25-13-28-32(19(25)2)23-6-4-3-5-7-23/h3-9,12-13,20-21H,10-11,14-17H2,1-2H3,(H,29,33). The van der Waals surface area contributed by atoms with Gasteiger partial charge in [0.15, 0.2) is 0 Å². The minimum Gasteiger partial charge on any atom is -0.326 e. The highest BCUT2D eigenvalue weighted by atomic mass is 35.5. The van der Waals surface area contributed by atoms with Crippen LogP contribution in [-0.2, 0) is 14.8 Å². The van der Waals surface area contributed by atoms with Crippen molar-refractivity contribution in [1.29, 1.82) is 0 Å². The zero-order valence-electron chi connectivity index (χ0n) is 20.4. The van der Waals surface area contributed by atoms with Crippen LogP contribution in [0.2, 0.25) is 5.02 Å². The Morgan fingerprint density at radius 1 is 1.06 bits per heavy atom. The fraction of sp³-hybridized carbons (Fsp3) is 0.385. The van der Waals surface area contributed by atoms with E-state index < -0.39 is 10.0 Å². The Morgan fingerprint density at radius 2 is 1.75 bits per heavy atom. The largest absolute Gasteiger partial charge is 0.326 e. The van der Waals surface area contributed by atoms with E-state index in [0.717, 1.165) is 24.3 Å². The second kappa shape index (κ2) is 9.97. The molecule has 2 fully saturated rings. The number of nitrogens with one attached hydrogen (secondary N) is 1. The van der Waals surface area contributed by atoms with E-state index in [2.05, 4.69) is 15.3 Å². The lowest BCUT2D eigenvalue weighted by Crippen LogP contribution is -2.34. The highest BCUT2D eigenvalue weighted by molar-refractivity contribution is 7.89. The SMILES string of the molecule is Cc1ccc(NC(=O)CCN2CC3CN(S(=O)(=O)c4cnn(-c5ccccc5)c4C)CC3C2)cc1Cl. The summed E-state index contributed by atoms with van der Waals surface area (Å²) in [5.74, 6) is 0.480. The van der Waals surface area contributed by atoms with Gasteiger partial charge in [0, 0.05) is 49.9 Å². The van der Waals surface area contributed by atoms with Gasteiger partial charge in [0.1, 0.15) is 4.90 Å². The number of anilines is 1. The first-order chi connectivity index (χ1) is 17.2. The third-order valence-electron chi connectivity index (χ3n) is 7.22. The normalized spacial score (nSPS) is 20.5. The number of hydrogen-bond donors (Lipinski definition) is 1. The highest BCUT2D eigenvalue weighted by Gasteiger charge is 2.44. The maximum atomic E-state index is 13.4. The van der Waals surface area contributed by atoms with Gasteiger partial charge in [-0.05, 0) is 55.5 Å². The zero-order chi connectivity index (χ0) is 25.4. The fourth-order valence-electron chi connectivity index (χ4n) is 5.20. The van der Waals surface area contributed by atoms with E-state index >= 15 is 0 Å². The van der Waals surface area contributed by atoms with E-state index in [4.69, 9.17) is 11.6 Å². The summed E-state index contributed by atoms with van der Waals surface area (Å²) in [6.45, 7) is 6.94. The maximum absolute atomic E-state index is 13.4. The zero-order valence-corrected chi connectivity index (χ0v) is 22.0. The van der Waals surface area contributed by atoms with Crippen LogP contribution >= 0.6 is 11.6 Å². The lowest BCUT2D eigenvalue weighted by molar-refractivity contribution is -0.116. The number of fused-ring (bicyclic) bond motifs is 1. The molecular formula is C26H30ClN5O3S. The minimum absolute atomic E-state index is 0.0536. The number of carbonyl (C=O) groups excluding carboxylic acids is 1. The Morgan fingerprint density at radius 3 is 2.42 bits per heavy atom. The average molecular weight is 528 g/mol. The van der Waals surface area contributed by atoms with Gasteiger partial charge in [-0.3, -0.25) is 4.79 Å². The summed E-state index contributed by atoms with van der Waals surface area (Å²) in [5.41, 5.74) is 3.11. The van der Waals surface area contributed by atoms with Crippen molar-refractivity contribution < 1.29 is 13.2 Å². The van der Waals surface area contributed by atoms with Crippen molar-refractivity contribution in [1.82, 2.24) is 19.0 Å². The van der Waals surface area contributed by atoms with Crippen molar-refractivity contribution >= 4 is 33.2 Å². The Bertz CT molecular complexity index is 1360. The van der Waals surface area contributed by atoms with Gasteiger partial charge >= 0.3 is 0 Å². The fourth-order valence-corrected chi connectivity index (χ4v) is 7.07. The summed E-state index contributed by atoms with van der Waals surface area (Å²) in [7, 11) is -3.63. The summed E-state index contributed by atoms with van der Waals surface area (Å²) in [6, 6.07) is 15.0. The number of aryl methyl sites for hydroxylation is 1. The molecule has 10 heteroatoms. The molecular weight excluding hydrogens is 498 g/mol. The molecule has 0 aliphatic carbocycles. The van der Waals surface area contributed by atoms with Crippen LogP contribution < -0.4 is 5.32 Å². The topological polar surface area (TPSA) is 87.5 Å². The molecule has 1 aromatic heterocycles. The first-order valence-electron chi connectivity index (χ1n) is 12.1. The molecule has 190 valence electrons. The molecule has 2 atom stereocenters. The molecule has 2 unspecified atom stereocenters. The van der Waals surface area contributed by atoms with Crippen molar-refractivity contribution in [3.63, 3.8) is 0 Å². The Balaban J connectivity index is 1.16. The summed E-state index contributed by atoms with van der Waals surface area (Å²) >= 11 is 6.14. The number of likely N-dealkylation sites (tertiary alicyclic amines) is 1. The van der Waals surface area contributed by atoms with E-state index in [1.54, 1.807) is 22.0 Å². The molecule has 1 N–H and O–H groups in total. The molecule has 0 bridgehead atoms. The van der Waals surface area contributed by atoms with E-state index in [1.165, 1.54) is 6.20 Å². The van der Waals surface area contributed by atoms with Gasteiger partial charge in [0.2, 0.25) is 15.9 Å². The molecule has 0 radical (unpaired) electrons. The van der Waals surface area contributed by atoms with Gasteiger partial charge in [-0.15, -0.1) is 0 Å². The third-order valence-corrected chi connectivity index (χ3v) is 9.56. The van der Waals surface area contributed by atoms with Crippen LogP contribution in [0.1, 0.15) is 17.7 Å². The van der Waals surface area contributed by atoms with Gasteiger partial charge in [-0.2, -0.15) is 9.40 Å². The highest BCUT2D eigenvalue weighted by Crippen LogP contribution is 2.35. The number of nitrogens with zero attached hydrogens (tertiary/aromatic N) is 4. The maximum Gasteiger partial charge on any atom is 0.246 e. The first-order valence-corrected chi connectivity index (χ1v) is 13.9. The van der Waals surface area contributed by atoms with Crippen molar-refractivity contribution in [2.45, 2.75) is 25.2 Å². The molecule has 2 aromatic carbocycles. The number of sulfonamides is 1. The monoisotopic (exact) mass is 527 g/mol. The number of hydrogen-bond acceptors (Lipinski definition) is 5. The number of carbonyl (C=O) groups is 1. The number of amides is 1. The lowest BCUT2D eigenvalue weighted by Gasteiger charge is -2.21. The molecule has 0 saturated carbocycles. The van der Waals surface area contributed by atoms with Crippen molar-refractivity contribution in [3.8, 4) is 5.69 Å². The quantitative estimate of drug-likeness (QED) is 0.506. The first kappa shape index (κ1) is 25.0. The molecule has 0 spiro atoms. The van der Waals surface area contributed by atoms with Gasteiger partial charge < -0.3 is 10.2 Å². The Kier molecular flexibility index (Phi) is 6.91. The van der Waals surface area contributed by atoms with E-state index in [0.29, 0.717) is 42.5 Å². The molecule has 2 aliphatic rings. The molecule has 1 amide bonds. The third kappa shape index (κ3) is 4.93. The molecule has 8 nitrogen and oxygen atoms in total. The number of halogens is 1. The van der Waals surface area contributed by atoms with Gasteiger partial charge in [0.25, 0.3) is 0 Å². The van der Waals surface area contributed by atoms with Gasteiger partial charge in [-0.25, -0.2) is 13.1 Å². The van der Waals surface area contributed by atoms with Crippen LogP contribution in [0, 0.1) is 25.7 Å². The van der Waals surface area contributed by atoms with Crippen molar-refractivity contribution in [2.75, 3.05) is 38.0 Å². The van der Waals surface area contributed by atoms with E-state index in [9.17, 15) is 13.2 Å². The second-order valence-electron chi connectivity index (χ2n) is 9.71. The molecule has 5 rings (SSSR count). The van der Waals surface area contributed by atoms with Crippen LogP contribution in [0.3, 0.4) is 0 Å². The van der Waals surface area contributed by atoms with Gasteiger partial charge in [-0.1, -0.05) is 35.9 Å². The average Bonchev–Trinajstić information content (AvgIpc) is 3.54. The van der Waals surface area contributed by atoms with E-state index in [-0.39, 0.29) is 22.6 Å². The van der Waals surface area contributed by atoms with Crippen LogP contribution in [0.25, 0.3) is 5.69 Å². The number of rotatable bonds is 7. The molecule has 36 heavy (non-hydrogen) atoms. The molecule has 3 heterocycles. The molecule has 2 aliphatic heterocycles. The summed E-state index contributed by atoms with van der Waals surface area (Å²) in [6.07, 6.45) is 1.84. The van der Waals surface area contributed by atoms with Crippen molar-refractivity contribution in [2.24, 2.45) is 11.8 Å². The molecule has 3 aromatic rings. The number of para-hydroxylation sites is 1. The van der Waals surface area contributed by atoms with Crippen LogP contribution in [0.5, 0.6) is 0 Å². The number of benzene rings is 2. The van der Waals surface area contributed by atoms with Crippen LogP contribution in [0.4, 0.5) is 5.69 Å². The van der Waals surface area contributed by atoms with Gasteiger partial charge in [0.05, 0.1) is 17.6 Å². The van der Waals surface area contributed by atoms with Crippen LogP contribution in [0.15, 0.2) is 59.6 Å². The van der Waals surface area contributed by atoms with Crippen LogP contribution in [-0.4, -0.2) is 66.0 Å². The second-order valence-corrected chi connectivity index (χ2v) is 12.0. The Labute approximate surface area is 216 Å². The van der Waals surface area contributed by atoms with E-state index in [1.807, 2.05) is 49.4 Å². The molecule has 2 saturated heterocycles. The summed E-state index contributed by atoms with van der Waals surface area (Å²) in [5, 5.41) is 7.88. The summed E-state index contributed by atoms with van der Waals surface area (Å²) in [4.78, 5) is 14.9.